The highest BCUT2D eigenvalue weighted by molar-refractivity contribution is 6.00. The van der Waals surface area contributed by atoms with E-state index >= 15 is 0 Å². The maximum Gasteiger partial charge on any atom is 0.307 e. The number of carbonyl (C=O) groups excluding carboxylic acids is 1. The average Bonchev–Trinajstić information content (AvgIpc) is 2.46. The lowest BCUT2D eigenvalue weighted by molar-refractivity contribution is -0.136. The number of carbonyl (C=O) groups is 2. The Kier molecular flexibility index (Phi) is 2.08. The van der Waals surface area contributed by atoms with Crippen LogP contribution < -0.4 is 0 Å². The van der Waals surface area contributed by atoms with Gasteiger partial charge in [-0.05, 0) is 17.5 Å². The van der Waals surface area contributed by atoms with Gasteiger partial charge in [-0.1, -0.05) is 18.2 Å². The number of carboxylic acids is 1. The molecule has 0 fully saturated rings. The summed E-state index contributed by atoms with van der Waals surface area (Å²) in [6.07, 6.45) is 1.34. The summed E-state index contributed by atoms with van der Waals surface area (Å²) in [5.41, 5.74) is 2.53. The Balaban J connectivity index is 2.32. The summed E-state index contributed by atoms with van der Waals surface area (Å²) < 4.78 is 0. The monoisotopic (exact) mass is 190 g/mol. The summed E-state index contributed by atoms with van der Waals surface area (Å²) in [4.78, 5) is 21.7. The molecular formula is C11H10O3. The minimum atomic E-state index is -0.839. The lowest BCUT2D eigenvalue weighted by atomic mass is 10.0. The molecule has 1 aromatic rings. The van der Waals surface area contributed by atoms with Gasteiger partial charge < -0.3 is 5.11 Å². The highest BCUT2D eigenvalue weighted by atomic mass is 16.4. The fourth-order valence-corrected chi connectivity index (χ4v) is 1.79. The Morgan fingerprint density at radius 3 is 2.86 bits per heavy atom. The molecule has 0 unspecified atom stereocenters. The van der Waals surface area contributed by atoms with E-state index in [-0.39, 0.29) is 12.2 Å². The van der Waals surface area contributed by atoms with Gasteiger partial charge in [-0.2, -0.15) is 0 Å². The number of rotatable bonds is 2. The third kappa shape index (κ3) is 1.53. The SMILES string of the molecule is O=C(O)Cc1ccc2c(c1)CCC2=O. The molecule has 0 heterocycles. The molecule has 2 rings (SSSR count). The third-order valence-corrected chi connectivity index (χ3v) is 2.45. The van der Waals surface area contributed by atoms with E-state index in [0.29, 0.717) is 6.42 Å². The predicted molar refractivity (Wildman–Crippen MR) is 50.4 cm³/mol. The second kappa shape index (κ2) is 3.25. The molecule has 1 N–H and O–H groups in total. The highest BCUT2D eigenvalue weighted by Gasteiger charge is 2.19. The number of fused-ring (bicyclic) bond motifs is 1. The Morgan fingerprint density at radius 1 is 1.36 bits per heavy atom. The zero-order valence-electron chi connectivity index (χ0n) is 7.62. The van der Waals surface area contributed by atoms with Gasteiger partial charge in [0, 0.05) is 12.0 Å². The van der Waals surface area contributed by atoms with Gasteiger partial charge in [0.15, 0.2) is 5.78 Å². The van der Waals surface area contributed by atoms with Gasteiger partial charge in [0.05, 0.1) is 6.42 Å². The quantitative estimate of drug-likeness (QED) is 0.767. The summed E-state index contributed by atoms with van der Waals surface area (Å²) in [6, 6.07) is 5.29. The van der Waals surface area contributed by atoms with Gasteiger partial charge in [0.25, 0.3) is 0 Å². The van der Waals surface area contributed by atoms with Crippen molar-refractivity contribution >= 4 is 11.8 Å². The van der Waals surface area contributed by atoms with Crippen LogP contribution >= 0.6 is 0 Å². The van der Waals surface area contributed by atoms with Crippen LogP contribution in [0.5, 0.6) is 0 Å². The van der Waals surface area contributed by atoms with E-state index < -0.39 is 5.97 Å². The number of aliphatic carboxylic acids is 1. The Bertz CT molecular complexity index is 407. The second-order valence-corrected chi connectivity index (χ2v) is 3.49. The van der Waals surface area contributed by atoms with Crippen LogP contribution in [0.3, 0.4) is 0 Å². The largest absolute Gasteiger partial charge is 0.481 e. The highest BCUT2D eigenvalue weighted by Crippen LogP contribution is 2.23. The zero-order valence-corrected chi connectivity index (χ0v) is 7.62. The van der Waals surface area contributed by atoms with Crippen LogP contribution in [0.2, 0.25) is 0 Å². The minimum absolute atomic E-state index is 0.0292. The first-order valence-corrected chi connectivity index (χ1v) is 4.53. The van der Waals surface area contributed by atoms with E-state index in [1.165, 1.54) is 0 Å². The van der Waals surface area contributed by atoms with E-state index in [0.717, 1.165) is 23.1 Å². The molecule has 0 amide bonds. The molecule has 14 heavy (non-hydrogen) atoms. The molecule has 0 aliphatic heterocycles. The number of benzene rings is 1. The van der Waals surface area contributed by atoms with Gasteiger partial charge in [-0.3, -0.25) is 9.59 Å². The maximum absolute atomic E-state index is 11.3. The normalized spacial score (nSPS) is 14.1. The Morgan fingerprint density at radius 2 is 2.14 bits per heavy atom. The van der Waals surface area contributed by atoms with Crippen LogP contribution in [-0.4, -0.2) is 16.9 Å². The molecule has 1 aliphatic carbocycles. The third-order valence-electron chi connectivity index (χ3n) is 2.45. The van der Waals surface area contributed by atoms with Crippen molar-refractivity contribution in [1.29, 1.82) is 0 Å². The molecule has 0 aromatic heterocycles. The zero-order chi connectivity index (χ0) is 10.1. The number of hydrogen-bond donors (Lipinski definition) is 1. The van der Waals surface area contributed by atoms with Gasteiger partial charge in [0.2, 0.25) is 0 Å². The number of Topliss-reactive ketones (excluding diaryl/α,β-unsaturated/α-hetero) is 1. The minimum Gasteiger partial charge on any atom is -0.481 e. The van der Waals surface area contributed by atoms with Gasteiger partial charge in [-0.15, -0.1) is 0 Å². The first-order chi connectivity index (χ1) is 6.66. The molecule has 0 atom stereocenters. The van der Waals surface area contributed by atoms with Crippen molar-refractivity contribution < 1.29 is 14.7 Å². The van der Waals surface area contributed by atoms with E-state index in [9.17, 15) is 9.59 Å². The van der Waals surface area contributed by atoms with Gasteiger partial charge in [0.1, 0.15) is 0 Å². The molecular weight excluding hydrogens is 180 g/mol. The molecule has 0 saturated heterocycles. The van der Waals surface area contributed by atoms with E-state index in [2.05, 4.69) is 0 Å². The van der Waals surface area contributed by atoms with Crippen molar-refractivity contribution in [3.8, 4) is 0 Å². The predicted octanol–water partition coefficient (Wildman–Crippen LogP) is 1.44. The standard InChI is InChI=1S/C11H10O3/c12-10-4-2-8-5-7(6-11(13)14)1-3-9(8)10/h1,3,5H,2,4,6H2,(H,13,14). The molecule has 3 heteroatoms. The number of ketones is 1. The summed E-state index contributed by atoms with van der Waals surface area (Å²) in [6.45, 7) is 0. The van der Waals surface area contributed by atoms with Crippen molar-refractivity contribution in [3.05, 3.63) is 34.9 Å². The second-order valence-electron chi connectivity index (χ2n) is 3.49. The van der Waals surface area contributed by atoms with Crippen LogP contribution in [0.1, 0.15) is 27.9 Å². The first kappa shape index (κ1) is 8.94. The van der Waals surface area contributed by atoms with Crippen LogP contribution in [-0.2, 0) is 17.6 Å². The number of aryl methyl sites for hydroxylation is 1. The van der Waals surface area contributed by atoms with E-state index in [1.807, 2.05) is 6.07 Å². The summed E-state index contributed by atoms with van der Waals surface area (Å²) in [5.74, 6) is -0.670. The summed E-state index contributed by atoms with van der Waals surface area (Å²) >= 11 is 0. The van der Waals surface area contributed by atoms with Crippen molar-refractivity contribution in [2.24, 2.45) is 0 Å². The van der Waals surface area contributed by atoms with Gasteiger partial charge >= 0.3 is 5.97 Å². The molecule has 0 radical (unpaired) electrons. The topological polar surface area (TPSA) is 54.4 Å². The molecule has 0 bridgehead atoms. The van der Waals surface area contributed by atoms with E-state index in [4.69, 9.17) is 5.11 Å². The van der Waals surface area contributed by atoms with Gasteiger partial charge in [-0.25, -0.2) is 0 Å². The fraction of sp³-hybridized carbons (Fsp3) is 0.273. The smallest absolute Gasteiger partial charge is 0.307 e. The maximum atomic E-state index is 11.3. The summed E-state index contributed by atoms with van der Waals surface area (Å²) in [5, 5.41) is 8.60. The van der Waals surface area contributed by atoms with Crippen molar-refractivity contribution in [1.82, 2.24) is 0 Å². The fourth-order valence-electron chi connectivity index (χ4n) is 1.79. The van der Waals surface area contributed by atoms with Crippen LogP contribution in [0, 0.1) is 0 Å². The Labute approximate surface area is 81.4 Å². The number of hydrogen-bond acceptors (Lipinski definition) is 2. The van der Waals surface area contributed by atoms with Crippen molar-refractivity contribution in [2.45, 2.75) is 19.3 Å². The lowest BCUT2D eigenvalue weighted by Gasteiger charge is -2.00. The van der Waals surface area contributed by atoms with Crippen molar-refractivity contribution in [2.75, 3.05) is 0 Å². The summed E-state index contributed by atoms with van der Waals surface area (Å²) in [7, 11) is 0. The number of carboxylic acid groups (broad SMARTS) is 1. The average molecular weight is 190 g/mol. The van der Waals surface area contributed by atoms with Crippen LogP contribution in [0.4, 0.5) is 0 Å². The van der Waals surface area contributed by atoms with Crippen LogP contribution in [0.25, 0.3) is 0 Å². The molecule has 3 nitrogen and oxygen atoms in total. The van der Waals surface area contributed by atoms with Crippen molar-refractivity contribution in [3.63, 3.8) is 0 Å². The molecule has 0 saturated carbocycles. The van der Waals surface area contributed by atoms with Crippen LogP contribution in [0.15, 0.2) is 18.2 Å². The molecule has 1 aromatic carbocycles. The van der Waals surface area contributed by atoms with E-state index in [1.54, 1.807) is 12.1 Å². The Hall–Kier alpha value is -1.64. The molecule has 72 valence electrons. The lowest BCUT2D eigenvalue weighted by Crippen LogP contribution is -2.01. The first-order valence-electron chi connectivity index (χ1n) is 4.53. The molecule has 1 aliphatic rings. The molecule has 0 spiro atoms.